The van der Waals surface area contributed by atoms with E-state index in [2.05, 4.69) is 5.32 Å². The Morgan fingerprint density at radius 3 is 2.55 bits per heavy atom. The number of hydrogen-bond acceptors (Lipinski definition) is 4. The number of hydrogen-bond donors (Lipinski definition) is 1. The van der Waals surface area contributed by atoms with Gasteiger partial charge in [-0.25, -0.2) is 12.8 Å². The van der Waals surface area contributed by atoms with E-state index in [1.165, 1.54) is 12.1 Å². The van der Waals surface area contributed by atoms with Crippen LogP contribution in [0.2, 0.25) is 5.02 Å². The molecule has 0 heterocycles. The summed E-state index contributed by atoms with van der Waals surface area (Å²) in [4.78, 5) is 12.8. The number of sulfonamides is 1. The second-order valence-electron chi connectivity index (χ2n) is 6.38. The van der Waals surface area contributed by atoms with E-state index in [1.54, 1.807) is 13.0 Å². The highest BCUT2D eigenvalue weighted by Crippen LogP contribution is 2.27. The van der Waals surface area contributed by atoms with Crippen molar-refractivity contribution in [3.05, 3.63) is 58.9 Å². The maximum absolute atomic E-state index is 13.5. The second-order valence-corrected chi connectivity index (χ2v) is 8.65. The van der Waals surface area contributed by atoms with E-state index >= 15 is 0 Å². The number of amides is 1. The number of carbonyl (C=O) groups excluding carboxylic acids is 1. The van der Waals surface area contributed by atoms with Gasteiger partial charge in [-0.1, -0.05) is 30.7 Å². The standard InChI is InChI=1S/C20H24ClFN2O4S/c1-4-19(20(25)23-13-14-7-6-8-16(11-14)28-5-2)24(29(3,26)27)15-9-10-18(22)17(21)12-15/h6-12,19H,4-5,13H2,1-3H3,(H,23,25). The van der Waals surface area contributed by atoms with Crippen molar-refractivity contribution in [2.75, 3.05) is 17.2 Å². The third kappa shape index (κ3) is 6.08. The molecule has 1 N–H and O–H groups in total. The zero-order chi connectivity index (χ0) is 21.6. The average molecular weight is 443 g/mol. The smallest absolute Gasteiger partial charge is 0.244 e. The maximum atomic E-state index is 13.5. The van der Waals surface area contributed by atoms with Crippen molar-refractivity contribution in [3.63, 3.8) is 0 Å². The molecule has 0 saturated carbocycles. The molecule has 0 aliphatic carbocycles. The molecule has 0 aliphatic rings. The zero-order valence-corrected chi connectivity index (χ0v) is 18.1. The largest absolute Gasteiger partial charge is 0.494 e. The number of carbonyl (C=O) groups is 1. The van der Waals surface area contributed by atoms with E-state index in [0.29, 0.717) is 12.4 Å². The summed E-state index contributed by atoms with van der Waals surface area (Å²) in [6.07, 6.45) is 1.21. The van der Waals surface area contributed by atoms with Crippen molar-refractivity contribution >= 4 is 33.2 Å². The van der Waals surface area contributed by atoms with Crippen molar-refractivity contribution in [1.82, 2.24) is 5.32 Å². The van der Waals surface area contributed by atoms with Crippen LogP contribution >= 0.6 is 11.6 Å². The number of ether oxygens (including phenoxy) is 1. The fourth-order valence-electron chi connectivity index (χ4n) is 2.90. The number of anilines is 1. The molecule has 1 atom stereocenters. The highest BCUT2D eigenvalue weighted by Gasteiger charge is 2.31. The quantitative estimate of drug-likeness (QED) is 0.641. The molecule has 0 bridgehead atoms. The Morgan fingerprint density at radius 1 is 1.24 bits per heavy atom. The Morgan fingerprint density at radius 2 is 1.97 bits per heavy atom. The molecular weight excluding hydrogens is 419 g/mol. The van der Waals surface area contributed by atoms with Crippen LogP contribution in [0.3, 0.4) is 0 Å². The number of halogens is 2. The molecule has 2 aromatic rings. The molecule has 1 amide bonds. The van der Waals surface area contributed by atoms with Gasteiger partial charge in [-0.05, 0) is 49.2 Å². The van der Waals surface area contributed by atoms with E-state index in [1.807, 2.05) is 25.1 Å². The van der Waals surface area contributed by atoms with Gasteiger partial charge in [0.1, 0.15) is 17.6 Å². The zero-order valence-electron chi connectivity index (χ0n) is 16.5. The van der Waals surface area contributed by atoms with Crippen LogP contribution in [0.1, 0.15) is 25.8 Å². The summed E-state index contributed by atoms with van der Waals surface area (Å²) in [6, 6.07) is 9.79. The fraction of sp³-hybridized carbons (Fsp3) is 0.350. The van der Waals surface area contributed by atoms with Gasteiger partial charge in [0.2, 0.25) is 15.9 Å². The molecule has 158 valence electrons. The van der Waals surface area contributed by atoms with Gasteiger partial charge < -0.3 is 10.1 Å². The van der Waals surface area contributed by atoms with Crippen molar-refractivity contribution in [3.8, 4) is 5.75 Å². The lowest BCUT2D eigenvalue weighted by molar-refractivity contribution is -0.122. The first-order valence-corrected chi connectivity index (χ1v) is 11.3. The second kappa shape index (κ2) is 9.93. The highest BCUT2D eigenvalue weighted by atomic mass is 35.5. The number of nitrogens with zero attached hydrogens (tertiary/aromatic N) is 1. The minimum Gasteiger partial charge on any atom is -0.494 e. The van der Waals surface area contributed by atoms with Crippen molar-refractivity contribution < 1.29 is 22.3 Å². The van der Waals surface area contributed by atoms with Crippen LogP contribution in [0.15, 0.2) is 42.5 Å². The van der Waals surface area contributed by atoms with Gasteiger partial charge in [0, 0.05) is 6.54 Å². The first kappa shape index (κ1) is 23.0. The third-order valence-electron chi connectivity index (χ3n) is 4.16. The van der Waals surface area contributed by atoms with Crippen LogP contribution in [0.25, 0.3) is 0 Å². The van der Waals surface area contributed by atoms with E-state index < -0.39 is 27.8 Å². The first-order chi connectivity index (χ1) is 13.7. The predicted octanol–water partition coefficient (Wildman–Crippen LogP) is 3.74. The molecule has 2 aromatic carbocycles. The highest BCUT2D eigenvalue weighted by molar-refractivity contribution is 7.92. The van der Waals surface area contributed by atoms with Gasteiger partial charge in [-0.3, -0.25) is 9.10 Å². The summed E-state index contributed by atoms with van der Waals surface area (Å²) in [6.45, 7) is 4.31. The van der Waals surface area contributed by atoms with E-state index in [4.69, 9.17) is 16.3 Å². The lowest BCUT2D eigenvalue weighted by Gasteiger charge is -2.30. The van der Waals surface area contributed by atoms with Crippen LogP contribution in [0.4, 0.5) is 10.1 Å². The molecular formula is C20H24ClFN2O4S. The third-order valence-corrected chi connectivity index (χ3v) is 5.63. The molecule has 6 nitrogen and oxygen atoms in total. The van der Waals surface area contributed by atoms with E-state index in [-0.39, 0.29) is 23.7 Å². The van der Waals surface area contributed by atoms with Gasteiger partial charge in [-0.2, -0.15) is 0 Å². The molecule has 0 fully saturated rings. The molecule has 2 rings (SSSR count). The van der Waals surface area contributed by atoms with Gasteiger partial charge in [0.15, 0.2) is 0 Å². The summed E-state index contributed by atoms with van der Waals surface area (Å²) in [7, 11) is -3.83. The number of benzene rings is 2. The van der Waals surface area contributed by atoms with Gasteiger partial charge in [-0.15, -0.1) is 0 Å². The fourth-order valence-corrected chi connectivity index (χ4v) is 4.28. The number of nitrogens with one attached hydrogen (secondary N) is 1. The van der Waals surface area contributed by atoms with Crippen LogP contribution in [0, 0.1) is 5.82 Å². The molecule has 29 heavy (non-hydrogen) atoms. The summed E-state index contributed by atoms with van der Waals surface area (Å²) in [5, 5.41) is 2.54. The van der Waals surface area contributed by atoms with Gasteiger partial charge in [0.25, 0.3) is 0 Å². The summed E-state index contributed by atoms with van der Waals surface area (Å²) < 4.78 is 44.7. The Balaban J connectivity index is 2.24. The Labute approximate surface area is 175 Å². The molecule has 1 unspecified atom stereocenters. The predicted molar refractivity (Wildman–Crippen MR) is 112 cm³/mol. The van der Waals surface area contributed by atoms with E-state index in [0.717, 1.165) is 22.2 Å². The van der Waals surface area contributed by atoms with Crippen LogP contribution in [-0.4, -0.2) is 33.2 Å². The molecule has 9 heteroatoms. The normalized spacial score (nSPS) is 12.3. The van der Waals surface area contributed by atoms with E-state index in [9.17, 15) is 17.6 Å². The minimum absolute atomic E-state index is 0.124. The lowest BCUT2D eigenvalue weighted by atomic mass is 10.1. The monoisotopic (exact) mass is 442 g/mol. The molecule has 0 aliphatic heterocycles. The van der Waals surface area contributed by atoms with Crippen molar-refractivity contribution in [1.29, 1.82) is 0 Å². The van der Waals surface area contributed by atoms with Crippen LogP contribution in [0.5, 0.6) is 5.75 Å². The minimum atomic E-state index is -3.83. The van der Waals surface area contributed by atoms with Crippen LogP contribution in [-0.2, 0) is 21.4 Å². The molecule has 0 spiro atoms. The van der Waals surface area contributed by atoms with Crippen molar-refractivity contribution in [2.24, 2.45) is 0 Å². The Bertz CT molecular complexity index is 969. The SMILES string of the molecule is CCOc1cccc(CNC(=O)C(CC)N(c2ccc(F)c(Cl)c2)S(C)(=O)=O)c1. The molecule has 0 saturated heterocycles. The molecule has 0 radical (unpaired) electrons. The Kier molecular flexibility index (Phi) is 7.87. The summed E-state index contributed by atoms with van der Waals surface area (Å²) in [5.74, 6) is -0.458. The first-order valence-electron chi connectivity index (χ1n) is 9.11. The summed E-state index contributed by atoms with van der Waals surface area (Å²) in [5.41, 5.74) is 0.939. The van der Waals surface area contributed by atoms with Gasteiger partial charge in [0.05, 0.1) is 23.6 Å². The molecule has 0 aromatic heterocycles. The van der Waals surface area contributed by atoms with Gasteiger partial charge >= 0.3 is 0 Å². The van der Waals surface area contributed by atoms with Crippen LogP contribution < -0.4 is 14.4 Å². The average Bonchev–Trinajstić information content (AvgIpc) is 2.66. The lowest BCUT2D eigenvalue weighted by Crippen LogP contribution is -2.49. The maximum Gasteiger partial charge on any atom is 0.244 e. The summed E-state index contributed by atoms with van der Waals surface area (Å²) >= 11 is 5.81. The Hall–Kier alpha value is -2.32. The van der Waals surface area contributed by atoms with Crippen molar-refractivity contribution in [2.45, 2.75) is 32.9 Å². The number of rotatable bonds is 9. The topological polar surface area (TPSA) is 75.7 Å².